The SMILES string of the molecule is CC1=C(/C=C/C(C)=C/C=C/C(C)=C/C=N/[N+](C)(C)C)C(C)(C)CCC1. The third-order valence-electron chi connectivity index (χ3n) is 4.52. The van der Waals surface area contributed by atoms with Crippen LogP contribution in [0.5, 0.6) is 0 Å². The van der Waals surface area contributed by atoms with Gasteiger partial charge in [-0.05, 0) is 62.7 Å². The zero-order valence-corrected chi connectivity index (χ0v) is 17.6. The Balaban J connectivity index is 2.73. The van der Waals surface area contributed by atoms with E-state index in [1.807, 2.05) is 33.4 Å². The van der Waals surface area contributed by atoms with E-state index in [-0.39, 0.29) is 0 Å². The van der Waals surface area contributed by atoms with Crippen molar-refractivity contribution < 1.29 is 4.59 Å². The Morgan fingerprint density at radius 2 is 1.68 bits per heavy atom. The molecule has 0 N–H and O–H groups in total. The molecule has 1 aliphatic carbocycles. The molecule has 2 nitrogen and oxygen atoms in total. The first-order valence-electron chi connectivity index (χ1n) is 9.28. The van der Waals surface area contributed by atoms with Crippen LogP contribution < -0.4 is 0 Å². The van der Waals surface area contributed by atoms with Gasteiger partial charge in [-0.3, -0.25) is 0 Å². The highest BCUT2D eigenvalue weighted by molar-refractivity contribution is 5.72. The van der Waals surface area contributed by atoms with E-state index < -0.39 is 0 Å². The lowest BCUT2D eigenvalue weighted by Gasteiger charge is -2.32. The molecule has 0 spiro atoms. The molecule has 0 fully saturated rings. The van der Waals surface area contributed by atoms with E-state index in [0.717, 1.165) is 0 Å². The van der Waals surface area contributed by atoms with E-state index in [9.17, 15) is 0 Å². The van der Waals surface area contributed by atoms with Crippen LogP contribution in [0, 0.1) is 5.41 Å². The van der Waals surface area contributed by atoms with Gasteiger partial charge >= 0.3 is 0 Å². The van der Waals surface area contributed by atoms with Gasteiger partial charge in [0.2, 0.25) is 0 Å². The van der Waals surface area contributed by atoms with Gasteiger partial charge < -0.3 is 0 Å². The highest BCUT2D eigenvalue weighted by Crippen LogP contribution is 2.40. The Hall–Kier alpha value is -1.67. The number of hydrogen-bond acceptors (Lipinski definition) is 1. The van der Waals surface area contributed by atoms with Crippen LogP contribution >= 0.6 is 0 Å². The molecule has 1 rings (SSSR count). The first-order chi connectivity index (χ1) is 11.5. The summed E-state index contributed by atoms with van der Waals surface area (Å²) in [6.45, 7) is 11.3. The lowest BCUT2D eigenvalue weighted by atomic mass is 9.72. The van der Waals surface area contributed by atoms with Gasteiger partial charge in [0.15, 0.2) is 0 Å². The van der Waals surface area contributed by atoms with Crippen LogP contribution in [0.3, 0.4) is 0 Å². The molecular formula is C23H37N2+. The fourth-order valence-corrected chi connectivity index (χ4v) is 3.04. The van der Waals surface area contributed by atoms with Crippen LogP contribution in [0.25, 0.3) is 0 Å². The minimum absolute atomic E-state index is 0.305. The van der Waals surface area contributed by atoms with Gasteiger partial charge in [-0.2, -0.15) is 0 Å². The van der Waals surface area contributed by atoms with Gasteiger partial charge in [-0.1, -0.05) is 60.5 Å². The van der Waals surface area contributed by atoms with Crippen LogP contribution in [0.15, 0.2) is 63.8 Å². The van der Waals surface area contributed by atoms with Crippen LogP contribution in [-0.2, 0) is 0 Å². The standard InChI is InChI=1S/C23H37N2/c1-19(11-9-12-20(2)16-18-24-25(6,7)8)14-15-22-21(3)13-10-17-23(22,4)5/h9,11-12,14-16,18H,10,13,17H2,1-8H3/q+1/b12-9+,15-14+,19-11+,20-16+,24-18+. The largest absolute Gasteiger partial charge is 0.205 e. The van der Waals surface area contributed by atoms with E-state index in [4.69, 9.17) is 0 Å². The van der Waals surface area contributed by atoms with E-state index in [2.05, 4.69) is 70.1 Å². The van der Waals surface area contributed by atoms with Crippen molar-refractivity contribution in [2.75, 3.05) is 21.1 Å². The van der Waals surface area contributed by atoms with Gasteiger partial charge in [-0.15, -0.1) is 0 Å². The quantitative estimate of drug-likeness (QED) is 0.236. The first-order valence-corrected chi connectivity index (χ1v) is 9.28. The predicted octanol–water partition coefficient (Wildman–Crippen LogP) is 6.21. The number of hydrogen-bond donors (Lipinski definition) is 0. The van der Waals surface area contributed by atoms with Crippen LogP contribution in [0.2, 0.25) is 0 Å². The van der Waals surface area contributed by atoms with Crippen LogP contribution in [0.4, 0.5) is 0 Å². The van der Waals surface area contributed by atoms with Gasteiger partial charge in [0.05, 0.1) is 27.4 Å². The minimum atomic E-state index is 0.305. The molecule has 0 saturated heterocycles. The second kappa shape index (κ2) is 9.15. The highest BCUT2D eigenvalue weighted by atomic mass is 15.6. The summed E-state index contributed by atoms with van der Waals surface area (Å²) in [7, 11) is 6.12. The van der Waals surface area contributed by atoms with Gasteiger partial charge in [0, 0.05) is 0 Å². The summed E-state index contributed by atoms with van der Waals surface area (Å²) in [4.78, 5) is 0. The Kier molecular flexibility index (Phi) is 7.82. The smallest absolute Gasteiger partial charge is 0.0923 e. The third kappa shape index (κ3) is 8.31. The van der Waals surface area contributed by atoms with E-state index in [1.54, 1.807) is 5.57 Å². The Labute approximate surface area is 155 Å². The summed E-state index contributed by atoms with van der Waals surface area (Å²) in [6.07, 6.45) is 18.7. The normalized spacial score (nSPS) is 20.5. The molecule has 0 aliphatic heterocycles. The second-order valence-electron chi connectivity index (χ2n) is 8.65. The van der Waals surface area contributed by atoms with Crippen molar-refractivity contribution in [2.45, 2.75) is 53.9 Å². The summed E-state index contributed by atoms with van der Waals surface area (Å²) < 4.78 is 0.586. The average molecular weight is 342 g/mol. The monoisotopic (exact) mass is 341 g/mol. The molecule has 0 saturated carbocycles. The summed E-state index contributed by atoms with van der Waals surface area (Å²) >= 11 is 0. The fourth-order valence-electron chi connectivity index (χ4n) is 3.04. The minimum Gasteiger partial charge on any atom is -0.205 e. The summed E-state index contributed by atoms with van der Waals surface area (Å²) in [5.74, 6) is 0. The molecule has 0 aromatic heterocycles. The molecule has 25 heavy (non-hydrogen) atoms. The Bertz CT molecular complexity index is 629. The number of nitrogens with zero attached hydrogens (tertiary/aromatic N) is 2. The highest BCUT2D eigenvalue weighted by Gasteiger charge is 2.26. The van der Waals surface area contributed by atoms with Gasteiger partial charge in [0.1, 0.15) is 0 Å². The van der Waals surface area contributed by atoms with Crippen molar-refractivity contribution in [3.8, 4) is 0 Å². The van der Waals surface area contributed by atoms with E-state index >= 15 is 0 Å². The van der Waals surface area contributed by atoms with Crippen molar-refractivity contribution in [3.63, 3.8) is 0 Å². The molecule has 0 radical (unpaired) electrons. The number of allylic oxidation sites excluding steroid dienone is 10. The molecule has 2 heteroatoms. The maximum atomic E-state index is 4.41. The van der Waals surface area contributed by atoms with Crippen LogP contribution in [0.1, 0.15) is 53.9 Å². The molecule has 0 amide bonds. The molecule has 0 unspecified atom stereocenters. The number of quaternary nitrogens is 1. The molecule has 0 atom stereocenters. The van der Waals surface area contributed by atoms with Gasteiger partial charge in [0.25, 0.3) is 0 Å². The summed E-state index contributed by atoms with van der Waals surface area (Å²) in [6, 6.07) is 0. The summed E-state index contributed by atoms with van der Waals surface area (Å²) in [5, 5.41) is 4.41. The molecular weight excluding hydrogens is 304 g/mol. The lowest BCUT2D eigenvalue weighted by Crippen LogP contribution is -2.26. The number of rotatable bonds is 6. The van der Waals surface area contributed by atoms with Crippen molar-refractivity contribution in [3.05, 3.63) is 58.7 Å². The molecule has 0 aromatic carbocycles. The Morgan fingerprint density at radius 1 is 1.04 bits per heavy atom. The van der Waals surface area contributed by atoms with Crippen LogP contribution in [-0.4, -0.2) is 31.9 Å². The first kappa shape index (κ1) is 21.4. The van der Waals surface area contributed by atoms with Gasteiger partial charge in [-0.25, -0.2) is 4.59 Å². The zero-order valence-electron chi connectivity index (χ0n) is 17.6. The maximum absolute atomic E-state index is 4.41. The average Bonchev–Trinajstić information content (AvgIpc) is 2.44. The zero-order chi connectivity index (χ0) is 19.1. The lowest BCUT2D eigenvalue weighted by molar-refractivity contribution is -0.876. The van der Waals surface area contributed by atoms with Crippen molar-refractivity contribution in [1.29, 1.82) is 0 Å². The Morgan fingerprint density at radius 3 is 2.28 bits per heavy atom. The molecule has 0 heterocycles. The molecule has 0 aromatic rings. The van der Waals surface area contributed by atoms with Crippen molar-refractivity contribution in [2.24, 2.45) is 10.5 Å². The topological polar surface area (TPSA) is 12.4 Å². The van der Waals surface area contributed by atoms with E-state index in [0.29, 0.717) is 10.0 Å². The fraction of sp³-hybridized carbons (Fsp3) is 0.522. The predicted molar refractivity (Wildman–Crippen MR) is 113 cm³/mol. The molecule has 138 valence electrons. The van der Waals surface area contributed by atoms with Crippen molar-refractivity contribution in [1.82, 2.24) is 0 Å². The van der Waals surface area contributed by atoms with Crippen molar-refractivity contribution >= 4 is 6.21 Å². The molecule has 1 aliphatic rings. The third-order valence-corrected chi connectivity index (χ3v) is 4.52. The summed E-state index contributed by atoms with van der Waals surface area (Å²) in [5.41, 5.74) is 5.83. The maximum Gasteiger partial charge on any atom is 0.0923 e. The second-order valence-corrected chi connectivity index (χ2v) is 8.65. The van der Waals surface area contributed by atoms with E-state index in [1.165, 1.54) is 36.0 Å². The molecule has 0 bridgehead atoms.